The molecule has 23 heavy (non-hydrogen) atoms. The number of rotatable bonds is 6. The monoisotopic (exact) mass is 337 g/mol. The molecule has 2 saturated heterocycles. The second-order valence-electron chi connectivity index (χ2n) is 6.30. The van der Waals surface area contributed by atoms with E-state index in [2.05, 4.69) is 15.6 Å². The largest absolute Gasteiger partial charge is 0.461 e. The summed E-state index contributed by atoms with van der Waals surface area (Å²) in [6.07, 6.45) is 5.30. The van der Waals surface area contributed by atoms with Gasteiger partial charge in [-0.1, -0.05) is 0 Å². The molecule has 3 rings (SSSR count). The molecule has 1 amide bonds. The highest BCUT2D eigenvalue weighted by Crippen LogP contribution is 2.32. The van der Waals surface area contributed by atoms with Crippen LogP contribution in [0.4, 0.5) is 0 Å². The molecule has 0 spiro atoms. The van der Waals surface area contributed by atoms with E-state index in [0.29, 0.717) is 43.3 Å². The molecule has 2 aliphatic heterocycles. The summed E-state index contributed by atoms with van der Waals surface area (Å²) < 4.78 is 4.91. The Morgan fingerprint density at radius 3 is 2.83 bits per heavy atom. The number of carbonyl (C=O) groups excluding carboxylic acids is 2. The van der Waals surface area contributed by atoms with Crippen molar-refractivity contribution >= 4 is 23.2 Å². The molecule has 0 saturated carbocycles. The van der Waals surface area contributed by atoms with E-state index in [0.717, 1.165) is 17.8 Å². The van der Waals surface area contributed by atoms with Gasteiger partial charge in [0.15, 0.2) is 5.69 Å². The van der Waals surface area contributed by atoms with E-state index in [4.69, 9.17) is 4.74 Å². The summed E-state index contributed by atoms with van der Waals surface area (Å²) in [6.45, 7) is 2.47. The van der Waals surface area contributed by atoms with Crippen molar-refractivity contribution in [1.29, 1.82) is 0 Å². The molecule has 7 heteroatoms. The van der Waals surface area contributed by atoms with E-state index in [1.807, 2.05) is 0 Å². The van der Waals surface area contributed by atoms with Crippen molar-refractivity contribution in [3.8, 4) is 0 Å². The Morgan fingerprint density at radius 1 is 1.39 bits per heavy atom. The molecule has 2 bridgehead atoms. The molecule has 2 unspecified atom stereocenters. The van der Waals surface area contributed by atoms with Crippen LogP contribution in [0.3, 0.4) is 0 Å². The maximum Gasteiger partial charge on any atom is 0.357 e. The van der Waals surface area contributed by atoms with Crippen molar-refractivity contribution in [2.24, 2.45) is 5.92 Å². The molecule has 0 aliphatic carbocycles. The van der Waals surface area contributed by atoms with Gasteiger partial charge in [0, 0.05) is 23.9 Å². The van der Waals surface area contributed by atoms with Crippen LogP contribution < -0.4 is 10.6 Å². The van der Waals surface area contributed by atoms with E-state index in [-0.39, 0.29) is 5.91 Å². The highest BCUT2D eigenvalue weighted by Gasteiger charge is 2.34. The number of aromatic nitrogens is 1. The topological polar surface area (TPSA) is 80.3 Å². The smallest absolute Gasteiger partial charge is 0.357 e. The fourth-order valence-electron chi connectivity index (χ4n) is 3.54. The first kappa shape index (κ1) is 16.4. The number of esters is 1. The number of ether oxygens (including phenoxy) is 1. The molecule has 2 N–H and O–H groups in total. The highest BCUT2D eigenvalue weighted by atomic mass is 32.1. The van der Waals surface area contributed by atoms with Gasteiger partial charge in [0.25, 0.3) is 0 Å². The van der Waals surface area contributed by atoms with Gasteiger partial charge < -0.3 is 15.4 Å². The third-order valence-corrected chi connectivity index (χ3v) is 5.37. The summed E-state index contributed by atoms with van der Waals surface area (Å²) in [7, 11) is 0. The molecule has 126 valence electrons. The minimum Gasteiger partial charge on any atom is -0.461 e. The van der Waals surface area contributed by atoms with E-state index >= 15 is 0 Å². The van der Waals surface area contributed by atoms with Crippen LogP contribution in [-0.4, -0.2) is 35.6 Å². The molecule has 6 nitrogen and oxygen atoms in total. The van der Waals surface area contributed by atoms with Crippen LogP contribution in [0, 0.1) is 5.92 Å². The average Bonchev–Trinajstić information content (AvgIpc) is 3.12. The lowest BCUT2D eigenvalue weighted by atomic mass is 9.89. The second-order valence-corrected chi connectivity index (χ2v) is 7.25. The lowest BCUT2D eigenvalue weighted by molar-refractivity contribution is -0.122. The lowest BCUT2D eigenvalue weighted by Gasteiger charge is -2.28. The van der Waals surface area contributed by atoms with E-state index < -0.39 is 5.97 Å². The van der Waals surface area contributed by atoms with Crippen LogP contribution in [0.2, 0.25) is 0 Å². The number of piperidine rings is 1. The normalized spacial score (nSPS) is 26.0. The maximum atomic E-state index is 12.1. The molecular formula is C16H23N3O3S. The summed E-state index contributed by atoms with van der Waals surface area (Å²) in [5.74, 6) is 0.149. The van der Waals surface area contributed by atoms with E-state index in [1.165, 1.54) is 24.2 Å². The summed E-state index contributed by atoms with van der Waals surface area (Å²) >= 11 is 1.37. The SMILES string of the molecule is CCOC(=O)c1csc(CNC(=O)CC2CC3CCC(C2)N3)n1. The zero-order chi connectivity index (χ0) is 16.2. The van der Waals surface area contributed by atoms with Gasteiger partial charge >= 0.3 is 5.97 Å². The highest BCUT2D eigenvalue weighted by molar-refractivity contribution is 7.09. The third-order valence-electron chi connectivity index (χ3n) is 4.52. The van der Waals surface area contributed by atoms with Crippen LogP contribution in [-0.2, 0) is 16.1 Å². The molecule has 0 radical (unpaired) electrons. The van der Waals surface area contributed by atoms with Crippen molar-refractivity contribution in [3.05, 3.63) is 16.1 Å². The van der Waals surface area contributed by atoms with Crippen LogP contribution in [0.25, 0.3) is 0 Å². The quantitative estimate of drug-likeness (QED) is 0.775. The van der Waals surface area contributed by atoms with Gasteiger partial charge in [0.1, 0.15) is 5.01 Å². The Bertz CT molecular complexity index is 563. The Hall–Kier alpha value is -1.47. The minimum atomic E-state index is -0.411. The van der Waals surface area contributed by atoms with E-state index in [9.17, 15) is 9.59 Å². The second kappa shape index (κ2) is 7.40. The minimum absolute atomic E-state index is 0.0733. The van der Waals surface area contributed by atoms with Crippen LogP contribution in [0.5, 0.6) is 0 Å². The number of amides is 1. The van der Waals surface area contributed by atoms with Gasteiger partial charge in [-0.2, -0.15) is 0 Å². The fraction of sp³-hybridized carbons (Fsp3) is 0.688. The molecule has 2 atom stereocenters. The van der Waals surface area contributed by atoms with Crippen LogP contribution in [0.1, 0.15) is 54.5 Å². The molecule has 2 aliphatic rings. The first-order valence-electron chi connectivity index (χ1n) is 8.28. The lowest BCUT2D eigenvalue weighted by Crippen LogP contribution is -2.39. The molecular weight excluding hydrogens is 314 g/mol. The van der Waals surface area contributed by atoms with Gasteiger partial charge in [-0.25, -0.2) is 9.78 Å². The molecule has 1 aromatic heterocycles. The fourth-order valence-corrected chi connectivity index (χ4v) is 4.24. The Morgan fingerprint density at radius 2 is 2.13 bits per heavy atom. The first-order chi connectivity index (χ1) is 11.1. The summed E-state index contributed by atoms with van der Waals surface area (Å²) in [6, 6.07) is 1.22. The maximum absolute atomic E-state index is 12.1. The zero-order valence-electron chi connectivity index (χ0n) is 13.3. The predicted octanol–water partition coefficient (Wildman–Crippen LogP) is 1.86. The zero-order valence-corrected chi connectivity index (χ0v) is 14.2. The standard InChI is InChI=1S/C16H23N3O3S/c1-2-22-16(21)13-9-23-15(19-13)8-17-14(20)7-10-5-11-3-4-12(6-10)18-11/h9-12,18H,2-8H2,1H3,(H,17,20). The number of hydrogen-bond donors (Lipinski definition) is 2. The van der Waals surface area contributed by atoms with E-state index in [1.54, 1.807) is 12.3 Å². The van der Waals surface area contributed by atoms with Crippen molar-refractivity contribution in [3.63, 3.8) is 0 Å². The van der Waals surface area contributed by atoms with Crippen LogP contribution in [0.15, 0.2) is 5.38 Å². The number of nitrogens with one attached hydrogen (secondary N) is 2. The third kappa shape index (κ3) is 4.29. The number of thiazole rings is 1. The number of nitrogens with zero attached hydrogens (tertiary/aromatic N) is 1. The molecule has 3 heterocycles. The van der Waals surface area contributed by atoms with Gasteiger partial charge in [-0.3, -0.25) is 4.79 Å². The van der Waals surface area contributed by atoms with Crippen molar-refractivity contribution in [1.82, 2.24) is 15.6 Å². The Kier molecular flexibility index (Phi) is 5.27. The van der Waals surface area contributed by atoms with Crippen molar-refractivity contribution in [2.75, 3.05) is 6.61 Å². The molecule has 2 fully saturated rings. The molecule has 1 aromatic rings. The first-order valence-corrected chi connectivity index (χ1v) is 9.16. The number of fused-ring (bicyclic) bond motifs is 2. The number of carbonyl (C=O) groups is 2. The van der Waals surface area contributed by atoms with Gasteiger partial charge in [-0.15, -0.1) is 11.3 Å². The van der Waals surface area contributed by atoms with Gasteiger partial charge in [0.2, 0.25) is 5.91 Å². The summed E-state index contributed by atoms with van der Waals surface area (Å²) in [4.78, 5) is 27.9. The van der Waals surface area contributed by atoms with Gasteiger partial charge in [0.05, 0.1) is 13.2 Å². The van der Waals surface area contributed by atoms with Crippen LogP contribution >= 0.6 is 11.3 Å². The molecule has 0 aromatic carbocycles. The number of hydrogen-bond acceptors (Lipinski definition) is 6. The summed E-state index contributed by atoms with van der Waals surface area (Å²) in [5, 5.41) is 8.91. The Labute approximate surface area is 140 Å². The Balaban J connectivity index is 1.43. The van der Waals surface area contributed by atoms with Crippen molar-refractivity contribution < 1.29 is 14.3 Å². The summed E-state index contributed by atoms with van der Waals surface area (Å²) in [5.41, 5.74) is 0.316. The average molecular weight is 337 g/mol. The van der Waals surface area contributed by atoms with Gasteiger partial charge in [-0.05, 0) is 38.5 Å². The van der Waals surface area contributed by atoms with Crippen molar-refractivity contribution in [2.45, 2.75) is 57.7 Å². The predicted molar refractivity (Wildman–Crippen MR) is 87.2 cm³/mol.